The third-order valence-electron chi connectivity index (χ3n) is 0. The Morgan fingerprint density at radius 1 is 1.29 bits per heavy atom. The predicted octanol–water partition coefficient (Wildman–Crippen LogP) is -3.36. The van der Waals surface area contributed by atoms with Gasteiger partial charge in [-0.25, -0.2) is 0 Å². The molecule has 0 rings (SSSR count). The van der Waals surface area contributed by atoms with E-state index in [0.29, 0.717) is 0 Å². The van der Waals surface area contributed by atoms with Crippen LogP contribution < -0.4 is 51.4 Å². The van der Waals surface area contributed by atoms with Crippen LogP contribution in [-0.2, 0) is 25.0 Å². The van der Waals surface area contributed by atoms with Gasteiger partial charge in [-0.15, -0.1) is 0 Å². The molecule has 5 nitrogen and oxygen atoms in total. The van der Waals surface area contributed by atoms with Gasteiger partial charge >= 0.3 is 70.9 Å². The van der Waals surface area contributed by atoms with Crippen LogP contribution in [0.15, 0.2) is 0 Å². The molecule has 0 fully saturated rings. The SMILES string of the molecule is O=[N+]([O-])[O-].[K+].[O-2].[Zn+2]. The van der Waals surface area contributed by atoms with Crippen molar-refractivity contribution in [2.75, 3.05) is 0 Å². The fourth-order valence-electron chi connectivity index (χ4n) is 0. The zero-order chi connectivity index (χ0) is 3.58. The Hall–Kier alpha value is 1.42. The molecule has 0 radical (unpaired) electrons. The number of rotatable bonds is 0. The van der Waals surface area contributed by atoms with Crippen LogP contribution in [0.3, 0.4) is 0 Å². The molecule has 0 amide bonds. The van der Waals surface area contributed by atoms with Crippen LogP contribution in [0.25, 0.3) is 0 Å². The summed E-state index contributed by atoms with van der Waals surface area (Å²) in [7, 11) is 0. The van der Waals surface area contributed by atoms with E-state index in [0.717, 1.165) is 0 Å². The van der Waals surface area contributed by atoms with Gasteiger partial charge in [0.1, 0.15) is 0 Å². The average molecular weight is 182 g/mol. The van der Waals surface area contributed by atoms with Crippen molar-refractivity contribution in [3.8, 4) is 0 Å². The second-order valence-electron chi connectivity index (χ2n) is 0.224. The van der Waals surface area contributed by atoms with Crippen molar-refractivity contribution in [1.29, 1.82) is 0 Å². The van der Waals surface area contributed by atoms with Crippen LogP contribution in [0.1, 0.15) is 0 Å². The van der Waals surface area contributed by atoms with Crippen LogP contribution in [0.4, 0.5) is 0 Å². The second kappa shape index (κ2) is 15.7. The van der Waals surface area contributed by atoms with Crippen molar-refractivity contribution in [2.24, 2.45) is 0 Å². The third kappa shape index (κ3) is 108. The first kappa shape index (κ1) is 23.7. The van der Waals surface area contributed by atoms with Gasteiger partial charge in [0.25, 0.3) is 0 Å². The van der Waals surface area contributed by atoms with Crippen LogP contribution in [0.5, 0.6) is 0 Å². The van der Waals surface area contributed by atoms with Gasteiger partial charge in [-0.3, -0.25) is 0 Å². The first-order chi connectivity index (χ1) is 1.73. The monoisotopic (exact) mass is 181 g/mol. The molecule has 7 heavy (non-hydrogen) atoms. The molecule has 0 aromatic rings. The van der Waals surface area contributed by atoms with Gasteiger partial charge in [0.05, 0.1) is 5.09 Å². The molecule has 0 heterocycles. The Morgan fingerprint density at radius 2 is 1.29 bits per heavy atom. The quantitative estimate of drug-likeness (QED) is 0.222. The first-order valence-corrected chi connectivity index (χ1v) is 0.548. The van der Waals surface area contributed by atoms with E-state index in [9.17, 15) is 0 Å². The molecule has 0 saturated carbocycles. The largest absolute Gasteiger partial charge is 2.00 e. The maximum Gasteiger partial charge on any atom is 2.00 e. The van der Waals surface area contributed by atoms with E-state index in [1.54, 1.807) is 0 Å². The molecule has 32 valence electrons. The Bertz CT molecular complexity index is 34.7. The summed E-state index contributed by atoms with van der Waals surface area (Å²) in [5.41, 5.74) is 0. The van der Waals surface area contributed by atoms with Crippen molar-refractivity contribution in [3.05, 3.63) is 15.3 Å². The second-order valence-corrected chi connectivity index (χ2v) is 0.224. The Morgan fingerprint density at radius 3 is 1.29 bits per heavy atom. The summed E-state index contributed by atoms with van der Waals surface area (Å²) < 4.78 is 0. The van der Waals surface area contributed by atoms with Crippen molar-refractivity contribution in [1.82, 2.24) is 0 Å². The van der Waals surface area contributed by atoms with E-state index in [2.05, 4.69) is 0 Å². The zero-order valence-corrected chi connectivity index (χ0v) is 9.88. The van der Waals surface area contributed by atoms with Crippen LogP contribution in [0, 0.1) is 15.3 Å². The maximum atomic E-state index is 8.25. The molecular weight excluding hydrogens is 182 g/mol. The van der Waals surface area contributed by atoms with E-state index < -0.39 is 5.09 Å². The Balaban J connectivity index is -0.0000000150. The van der Waals surface area contributed by atoms with E-state index >= 15 is 0 Å². The molecule has 0 bridgehead atoms. The van der Waals surface area contributed by atoms with Crippen molar-refractivity contribution in [3.63, 3.8) is 0 Å². The molecule has 0 aromatic carbocycles. The van der Waals surface area contributed by atoms with E-state index in [4.69, 9.17) is 15.3 Å². The summed E-state index contributed by atoms with van der Waals surface area (Å²) in [6.07, 6.45) is 0. The summed E-state index contributed by atoms with van der Waals surface area (Å²) in [4.78, 5) is 8.25. The number of hydrogen-bond acceptors (Lipinski definition) is 3. The minimum Gasteiger partial charge on any atom is -2.00 e. The van der Waals surface area contributed by atoms with Crippen molar-refractivity contribution < 1.29 is 81.4 Å². The summed E-state index contributed by atoms with van der Waals surface area (Å²) in [5.74, 6) is 0. The molecule has 7 heteroatoms. The maximum absolute atomic E-state index is 8.25. The topological polar surface area (TPSA) is 94.7 Å². The smallest absolute Gasteiger partial charge is 2.00 e. The number of nitrogens with zero attached hydrogens (tertiary/aromatic N) is 1. The molecule has 0 aliphatic rings. The Kier molecular flexibility index (Phi) is 53.1. The average Bonchev–Trinajstić information content (AvgIpc) is 0.811. The minimum absolute atomic E-state index is 0. The molecule has 0 atom stereocenters. The third-order valence-corrected chi connectivity index (χ3v) is 0. The van der Waals surface area contributed by atoms with Gasteiger partial charge in [-0.05, 0) is 0 Å². The van der Waals surface area contributed by atoms with Gasteiger partial charge in [-0.1, -0.05) is 0 Å². The normalized spacial score (nSPS) is 3.43. The van der Waals surface area contributed by atoms with Gasteiger partial charge in [-0.2, -0.15) is 0 Å². The minimum atomic E-state index is -1.75. The summed E-state index contributed by atoms with van der Waals surface area (Å²) in [6.45, 7) is 0. The fourth-order valence-corrected chi connectivity index (χ4v) is 0. The molecule has 0 unspecified atom stereocenters. The van der Waals surface area contributed by atoms with Crippen LogP contribution in [-0.4, -0.2) is 5.09 Å². The van der Waals surface area contributed by atoms with E-state index in [-0.39, 0.29) is 76.3 Å². The first-order valence-electron chi connectivity index (χ1n) is 0.548. The summed E-state index contributed by atoms with van der Waals surface area (Å²) >= 11 is 0. The van der Waals surface area contributed by atoms with E-state index in [1.165, 1.54) is 0 Å². The zero-order valence-electron chi connectivity index (χ0n) is 3.79. The van der Waals surface area contributed by atoms with Gasteiger partial charge in [0.15, 0.2) is 0 Å². The molecule has 0 aliphatic heterocycles. The number of hydrogen-bond donors (Lipinski definition) is 0. The molecule has 0 aliphatic carbocycles. The fraction of sp³-hybridized carbons (Fsp3) is 0. The molecule has 0 aromatic heterocycles. The van der Waals surface area contributed by atoms with Crippen molar-refractivity contribution in [2.45, 2.75) is 0 Å². The molecule has 0 spiro atoms. The van der Waals surface area contributed by atoms with Gasteiger partial charge in [0.2, 0.25) is 0 Å². The van der Waals surface area contributed by atoms with Crippen molar-refractivity contribution >= 4 is 0 Å². The summed E-state index contributed by atoms with van der Waals surface area (Å²) in [5, 5.41) is 14.8. The standard InChI is InChI=1S/K.NO3.O.Zn/c;2-1(3)4;;/q+1;-1;-2;+2. The Labute approximate surface area is 95.1 Å². The molecular formula is KNO4Zn. The van der Waals surface area contributed by atoms with E-state index in [1.807, 2.05) is 0 Å². The molecule has 0 N–H and O–H groups in total. The summed E-state index contributed by atoms with van der Waals surface area (Å²) in [6, 6.07) is 0. The van der Waals surface area contributed by atoms with Crippen LogP contribution >= 0.6 is 0 Å². The van der Waals surface area contributed by atoms with Crippen LogP contribution in [0.2, 0.25) is 0 Å². The predicted molar refractivity (Wildman–Crippen MR) is 11.0 cm³/mol. The molecule has 0 saturated heterocycles. The van der Waals surface area contributed by atoms with Gasteiger partial charge < -0.3 is 20.8 Å². The van der Waals surface area contributed by atoms with Gasteiger partial charge in [0, 0.05) is 0 Å².